The molecule has 0 aromatic heterocycles. The second kappa shape index (κ2) is 9.68. The summed E-state index contributed by atoms with van der Waals surface area (Å²) in [6.45, 7) is 8.98. The van der Waals surface area contributed by atoms with Crippen LogP contribution in [0.2, 0.25) is 5.02 Å². The monoisotopic (exact) mass is 452 g/mol. The van der Waals surface area contributed by atoms with Gasteiger partial charge in [0.2, 0.25) is 5.41 Å². The van der Waals surface area contributed by atoms with Gasteiger partial charge in [-0.3, -0.25) is 14.4 Å². The molecule has 1 fully saturated rings. The highest BCUT2D eigenvalue weighted by Gasteiger charge is 2.69. The van der Waals surface area contributed by atoms with Crippen molar-refractivity contribution in [2.24, 2.45) is 16.3 Å². The third-order valence-electron chi connectivity index (χ3n) is 5.05. The Morgan fingerprint density at radius 2 is 1.61 bits per heavy atom. The van der Waals surface area contributed by atoms with E-state index in [1.165, 1.54) is 7.11 Å². The number of ether oxygens (including phenoxy) is 3. The topological polar surface area (TPSA) is 94.5 Å². The highest BCUT2D eigenvalue weighted by atomic mass is 35.5. The molecule has 1 aromatic rings. The fraction of sp³-hybridized carbons (Fsp3) is 0.545. The number of methoxy groups -OCH3 is 1. The second-order valence-electron chi connectivity index (χ2n) is 8.02. The van der Waals surface area contributed by atoms with Crippen LogP contribution in [0.5, 0.6) is 0 Å². The van der Waals surface area contributed by atoms with Crippen molar-refractivity contribution in [3.05, 3.63) is 29.3 Å². The molecule has 1 unspecified atom stereocenters. The number of aliphatic imine (C=N–C) groups is 1. The molecule has 0 bridgehead atoms. The van der Waals surface area contributed by atoms with Crippen LogP contribution in [-0.2, 0) is 28.6 Å². The molecule has 1 aromatic carbocycles. The van der Waals surface area contributed by atoms with E-state index in [9.17, 15) is 14.4 Å². The lowest BCUT2D eigenvalue weighted by Gasteiger charge is -2.36. The Bertz CT molecular complexity index is 842. The van der Waals surface area contributed by atoms with Crippen LogP contribution in [0.1, 0.15) is 34.6 Å². The number of carbonyl (C=O) groups excluding carboxylic acids is 3. The summed E-state index contributed by atoms with van der Waals surface area (Å²) < 4.78 is 15.6. The van der Waals surface area contributed by atoms with Gasteiger partial charge in [-0.2, -0.15) is 0 Å². The van der Waals surface area contributed by atoms with E-state index in [0.29, 0.717) is 10.7 Å². The van der Waals surface area contributed by atoms with E-state index < -0.39 is 34.8 Å². The first-order valence-electron chi connectivity index (χ1n) is 10.1. The number of halogens is 1. The molecule has 1 heterocycles. The van der Waals surface area contributed by atoms with E-state index in [1.807, 2.05) is 20.8 Å². The molecule has 0 saturated carbocycles. The van der Waals surface area contributed by atoms with Crippen molar-refractivity contribution in [1.29, 1.82) is 0 Å². The molecule has 1 saturated heterocycles. The lowest BCUT2D eigenvalue weighted by molar-refractivity contribution is -0.174. The molecule has 0 N–H and O–H groups in total. The van der Waals surface area contributed by atoms with Gasteiger partial charge in [-0.15, -0.1) is 0 Å². The second-order valence-corrected chi connectivity index (χ2v) is 8.45. The van der Waals surface area contributed by atoms with Crippen molar-refractivity contribution in [3.63, 3.8) is 0 Å². The van der Waals surface area contributed by atoms with Gasteiger partial charge in [0.05, 0.1) is 26.0 Å². The SMILES string of the molecule is CCOC(=O)C1(C(=O)OCC)C(=Nc2ccc(Cl)cc2)N(C(C)(C)C)CC1C(=O)OC. The zero-order chi connectivity index (χ0) is 23.4. The van der Waals surface area contributed by atoms with Crippen LogP contribution in [-0.4, -0.2) is 61.1 Å². The highest BCUT2D eigenvalue weighted by Crippen LogP contribution is 2.45. The molecule has 0 radical (unpaired) electrons. The molecule has 1 atom stereocenters. The van der Waals surface area contributed by atoms with Crippen molar-refractivity contribution in [2.75, 3.05) is 26.9 Å². The number of hydrogen-bond donors (Lipinski definition) is 0. The van der Waals surface area contributed by atoms with Crippen molar-refractivity contribution in [2.45, 2.75) is 40.2 Å². The van der Waals surface area contributed by atoms with Crippen LogP contribution in [0.4, 0.5) is 5.69 Å². The van der Waals surface area contributed by atoms with Crippen molar-refractivity contribution < 1.29 is 28.6 Å². The number of amidine groups is 1. The summed E-state index contributed by atoms with van der Waals surface area (Å²) >= 11 is 5.98. The lowest BCUT2D eigenvalue weighted by atomic mass is 9.76. The standard InChI is InChI=1S/C22H29ClN2O6/c1-7-30-19(27)22(20(28)31-8-2)16(17(26)29-6)13-25(21(3,4)5)18(22)24-15-11-9-14(23)10-12-15/h9-12,16H,7-8,13H2,1-6H3. The molecule has 8 nitrogen and oxygen atoms in total. The van der Waals surface area contributed by atoms with Gasteiger partial charge >= 0.3 is 17.9 Å². The summed E-state index contributed by atoms with van der Waals surface area (Å²) in [5, 5.41) is 0.512. The van der Waals surface area contributed by atoms with Crippen molar-refractivity contribution in [1.82, 2.24) is 4.90 Å². The van der Waals surface area contributed by atoms with Gasteiger partial charge in [0.1, 0.15) is 11.8 Å². The first-order chi connectivity index (χ1) is 14.5. The molecule has 31 heavy (non-hydrogen) atoms. The van der Waals surface area contributed by atoms with E-state index >= 15 is 0 Å². The van der Waals surface area contributed by atoms with Crippen molar-refractivity contribution in [3.8, 4) is 0 Å². The maximum Gasteiger partial charge on any atom is 0.332 e. The quantitative estimate of drug-likeness (QED) is 0.371. The maximum atomic E-state index is 13.4. The zero-order valence-corrected chi connectivity index (χ0v) is 19.5. The molecule has 0 aliphatic carbocycles. The Morgan fingerprint density at radius 1 is 1.10 bits per heavy atom. The zero-order valence-electron chi connectivity index (χ0n) is 18.7. The molecular weight excluding hydrogens is 424 g/mol. The van der Waals surface area contributed by atoms with E-state index in [0.717, 1.165) is 0 Å². The molecule has 0 amide bonds. The molecule has 1 aliphatic heterocycles. The number of rotatable bonds is 6. The van der Waals surface area contributed by atoms with Gasteiger partial charge < -0.3 is 19.1 Å². The number of hydrogen-bond acceptors (Lipinski definition) is 7. The van der Waals surface area contributed by atoms with Gasteiger partial charge in [-0.1, -0.05) is 11.6 Å². The van der Waals surface area contributed by atoms with Crippen LogP contribution in [0, 0.1) is 11.3 Å². The van der Waals surface area contributed by atoms with Gasteiger partial charge in [0, 0.05) is 17.1 Å². The third kappa shape index (κ3) is 4.69. The van der Waals surface area contributed by atoms with Gasteiger partial charge in [0.25, 0.3) is 0 Å². The van der Waals surface area contributed by atoms with Crippen LogP contribution in [0.15, 0.2) is 29.3 Å². The minimum atomic E-state index is -2.11. The largest absolute Gasteiger partial charge is 0.469 e. The van der Waals surface area contributed by atoms with Crippen LogP contribution in [0.3, 0.4) is 0 Å². The predicted octanol–water partition coefficient (Wildman–Crippen LogP) is 3.39. The van der Waals surface area contributed by atoms with E-state index in [2.05, 4.69) is 4.99 Å². The summed E-state index contributed by atoms with van der Waals surface area (Å²) in [6.07, 6.45) is 0. The fourth-order valence-electron chi connectivity index (χ4n) is 3.59. The molecular formula is C22H29ClN2O6. The molecule has 170 valence electrons. The number of benzene rings is 1. The highest BCUT2D eigenvalue weighted by molar-refractivity contribution is 6.30. The Kier molecular flexibility index (Phi) is 7.70. The van der Waals surface area contributed by atoms with Crippen LogP contribution in [0.25, 0.3) is 0 Å². The minimum absolute atomic E-state index is 0.0115. The number of likely N-dealkylation sites (tertiary alicyclic amines) is 1. The summed E-state index contributed by atoms with van der Waals surface area (Å²) in [5.74, 6) is -3.64. The van der Waals surface area contributed by atoms with E-state index in [4.69, 9.17) is 25.8 Å². The number of nitrogens with zero attached hydrogens (tertiary/aromatic N) is 2. The van der Waals surface area contributed by atoms with E-state index in [1.54, 1.807) is 43.0 Å². The number of esters is 3. The van der Waals surface area contributed by atoms with Gasteiger partial charge in [-0.25, -0.2) is 4.99 Å². The predicted molar refractivity (Wildman–Crippen MR) is 116 cm³/mol. The molecule has 2 rings (SSSR count). The smallest absolute Gasteiger partial charge is 0.332 e. The Morgan fingerprint density at radius 3 is 2.03 bits per heavy atom. The average molecular weight is 453 g/mol. The van der Waals surface area contributed by atoms with Gasteiger partial charge in [-0.05, 0) is 58.9 Å². The van der Waals surface area contributed by atoms with Crippen molar-refractivity contribution >= 4 is 41.0 Å². The Hall–Kier alpha value is -2.61. The lowest BCUT2D eigenvalue weighted by Crippen LogP contribution is -2.55. The fourth-order valence-corrected chi connectivity index (χ4v) is 3.71. The third-order valence-corrected chi connectivity index (χ3v) is 5.30. The first kappa shape index (κ1) is 24.7. The Labute approximate surface area is 187 Å². The molecule has 1 aliphatic rings. The maximum absolute atomic E-state index is 13.4. The summed E-state index contributed by atoms with van der Waals surface area (Å²) in [6, 6.07) is 6.60. The van der Waals surface area contributed by atoms with Crippen LogP contribution >= 0.6 is 11.6 Å². The summed E-state index contributed by atoms with van der Waals surface area (Å²) in [4.78, 5) is 46.0. The van der Waals surface area contributed by atoms with E-state index in [-0.39, 0.29) is 25.6 Å². The normalized spacial score (nSPS) is 19.3. The van der Waals surface area contributed by atoms with Crippen LogP contribution < -0.4 is 0 Å². The summed E-state index contributed by atoms with van der Waals surface area (Å²) in [7, 11) is 1.21. The first-order valence-corrected chi connectivity index (χ1v) is 10.5. The summed E-state index contributed by atoms with van der Waals surface area (Å²) in [5.41, 5.74) is -2.23. The average Bonchev–Trinajstić information content (AvgIpc) is 3.05. The molecule has 9 heteroatoms. The van der Waals surface area contributed by atoms with Gasteiger partial charge in [0.15, 0.2) is 0 Å². The minimum Gasteiger partial charge on any atom is -0.469 e. The number of carbonyl (C=O) groups is 3. The molecule has 0 spiro atoms. The Balaban J connectivity index is 2.88.